The second kappa shape index (κ2) is 4.25. The fourth-order valence-corrected chi connectivity index (χ4v) is 3.06. The van der Waals surface area contributed by atoms with Crippen LogP contribution in [0.5, 0.6) is 0 Å². The first-order valence-corrected chi connectivity index (χ1v) is 6.52. The third-order valence-electron chi connectivity index (χ3n) is 3.90. The second-order valence-corrected chi connectivity index (χ2v) is 5.37. The predicted octanol–water partition coefficient (Wildman–Crippen LogP) is 2.15. The number of nitrogens with zero attached hydrogens (tertiary/aromatic N) is 2. The van der Waals surface area contributed by atoms with Crippen LogP contribution in [0, 0.1) is 0 Å². The summed E-state index contributed by atoms with van der Waals surface area (Å²) in [6.45, 7) is 0. The molecule has 0 saturated carbocycles. The van der Waals surface area contributed by atoms with Gasteiger partial charge in [-0.1, -0.05) is 24.3 Å². The Morgan fingerprint density at radius 2 is 2.22 bits per heavy atom. The summed E-state index contributed by atoms with van der Waals surface area (Å²) in [4.78, 5) is 0. The average molecular weight is 241 g/mol. The van der Waals surface area contributed by atoms with Crippen LogP contribution < -0.4 is 5.73 Å². The maximum Gasteiger partial charge on any atom is 0.0522 e. The number of aryl methyl sites for hydroxylation is 2. The maximum absolute atomic E-state index is 6.67. The predicted molar refractivity (Wildman–Crippen MR) is 72.2 cm³/mol. The van der Waals surface area contributed by atoms with Gasteiger partial charge < -0.3 is 5.73 Å². The smallest absolute Gasteiger partial charge is 0.0522 e. The number of benzene rings is 1. The Balaban J connectivity index is 1.95. The molecule has 0 spiro atoms. The standard InChI is InChI=1S/C15H19N3/c1-18-11-12(10-17-18)9-15(16)8-4-6-13-5-2-3-7-14(13)15/h2-3,5,7,10-11H,4,6,8-9,16H2,1H3. The van der Waals surface area contributed by atoms with Crippen molar-refractivity contribution in [3.8, 4) is 0 Å². The molecule has 2 aromatic rings. The van der Waals surface area contributed by atoms with Gasteiger partial charge in [-0.3, -0.25) is 4.68 Å². The molecular weight excluding hydrogens is 222 g/mol. The topological polar surface area (TPSA) is 43.8 Å². The Bertz CT molecular complexity index is 558. The average Bonchev–Trinajstić information content (AvgIpc) is 2.75. The molecule has 3 nitrogen and oxygen atoms in total. The first-order valence-electron chi connectivity index (χ1n) is 6.52. The largest absolute Gasteiger partial charge is 0.321 e. The molecule has 0 aliphatic heterocycles. The zero-order chi connectivity index (χ0) is 12.6. The zero-order valence-corrected chi connectivity index (χ0v) is 10.8. The van der Waals surface area contributed by atoms with Crippen molar-refractivity contribution < 1.29 is 0 Å². The SMILES string of the molecule is Cn1cc(CC2(N)CCCc3ccccc32)cn1. The number of nitrogens with two attached hydrogens (primary N) is 1. The molecule has 1 aromatic heterocycles. The van der Waals surface area contributed by atoms with E-state index >= 15 is 0 Å². The Hall–Kier alpha value is -1.61. The third kappa shape index (κ3) is 1.95. The quantitative estimate of drug-likeness (QED) is 0.875. The lowest BCUT2D eigenvalue weighted by Gasteiger charge is -2.35. The molecule has 1 unspecified atom stereocenters. The molecule has 0 saturated heterocycles. The molecule has 0 radical (unpaired) electrons. The summed E-state index contributed by atoms with van der Waals surface area (Å²) < 4.78 is 1.84. The van der Waals surface area contributed by atoms with Crippen LogP contribution in [0.2, 0.25) is 0 Å². The van der Waals surface area contributed by atoms with Crippen molar-refractivity contribution in [2.75, 3.05) is 0 Å². The van der Waals surface area contributed by atoms with E-state index in [4.69, 9.17) is 5.73 Å². The van der Waals surface area contributed by atoms with E-state index in [1.54, 1.807) is 0 Å². The third-order valence-corrected chi connectivity index (χ3v) is 3.90. The van der Waals surface area contributed by atoms with Gasteiger partial charge in [0.15, 0.2) is 0 Å². The van der Waals surface area contributed by atoms with Gasteiger partial charge in [-0.2, -0.15) is 5.10 Å². The van der Waals surface area contributed by atoms with Crippen molar-refractivity contribution in [3.63, 3.8) is 0 Å². The molecule has 18 heavy (non-hydrogen) atoms. The van der Waals surface area contributed by atoms with E-state index in [1.807, 2.05) is 17.9 Å². The molecule has 1 aromatic carbocycles. The summed E-state index contributed by atoms with van der Waals surface area (Å²) in [7, 11) is 1.95. The fourth-order valence-electron chi connectivity index (χ4n) is 3.06. The van der Waals surface area contributed by atoms with Crippen molar-refractivity contribution >= 4 is 0 Å². The van der Waals surface area contributed by atoms with Crippen molar-refractivity contribution in [2.45, 2.75) is 31.2 Å². The normalized spacial score (nSPS) is 22.8. The Labute approximate surface area is 108 Å². The van der Waals surface area contributed by atoms with Gasteiger partial charge >= 0.3 is 0 Å². The van der Waals surface area contributed by atoms with Crippen LogP contribution in [0.1, 0.15) is 29.5 Å². The van der Waals surface area contributed by atoms with Crippen molar-refractivity contribution in [2.24, 2.45) is 12.8 Å². The molecule has 0 bridgehead atoms. The summed E-state index contributed by atoms with van der Waals surface area (Å²) in [5.74, 6) is 0. The summed E-state index contributed by atoms with van der Waals surface area (Å²) >= 11 is 0. The van der Waals surface area contributed by atoms with Gasteiger partial charge in [-0.25, -0.2) is 0 Å². The summed E-state index contributed by atoms with van der Waals surface area (Å²) in [5, 5.41) is 4.23. The van der Waals surface area contributed by atoms with E-state index < -0.39 is 0 Å². The first kappa shape index (κ1) is 11.5. The van der Waals surface area contributed by atoms with Gasteiger partial charge in [0.25, 0.3) is 0 Å². The van der Waals surface area contributed by atoms with Gasteiger partial charge in [0.05, 0.1) is 6.20 Å². The van der Waals surface area contributed by atoms with E-state index in [-0.39, 0.29) is 5.54 Å². The van der Waals surface area contributed by atoms with Gasteiger partial charge in [0.1, 0.15) is 0 Å². The van der Waals surface area contributed by atoms with Crippen LogP contribution in [0.4, 0.5) is 0 Å². The highest BCUT2D eigenvalue weighted by Gasteiger charge is 2.32. The molecule has 0 amide bonds. The monoisotopic (exact) mass is 241 g/mol. The summed E-state index contributed by atoms with van der Waals surface area (Å²) in [6, 6.07) is 8.59. The summed E-state index contributed by atoms with van der Waals surface area (Å²) in [6.07, 6.45) is 8.24. The van der Waals surface area contributed by atoms with Crippen molar-refractivity contribution in [1.29, 1.82) is 0 Å². The van der Waals surface area contributed by atoms with Gasteiger partial charge in [0, 0.05) is 18.8 Å². The van der Waals surface area contributed by atoms with Crippen molar-refractivity contribution in [1.82, 2.24) is 9.78 Å². The van der Waals surface area contributed by atoms with Gasteiger partial charge in [-0.15, -0.1) is 0 Å². The number of rotatable bonds is 2. The Kier molecular flexibility index (Phi) is 2.71. The minimum atomic E-state index is -0.224. The first-order chi connectivity index (χ1) is 8.67. The van der Waals surface area contributed by atoms with Crippen LogP contribution in [0.15, 0.2) is 36.7 Å². The van der Waals surface area contributed by atoms with E-state index in [0.717, 1.165) is 19.3 Å². The molecule has 1 atom stereocenters. The highest BCUT2D eigenvalue weighted by molar-refractivity contribution is 5.37. The van der Waals surface area contributed by atoms with Crippen LogP contribution in [0.3, 0.4) is 0 Å². The van der Waals surface area contributed by atoms with Gasteiger partial charge in [-0.05, 0) is 42.4 Å². The van der Waals surface area contributed by atoms with E-state index in [9.17, 15) is 0 Å². The Morgan fingerprint density at radius 3 is 3.00 bits per heavy atom. The van der Waals surface area contributed by atoms with E-state index in [0.29, 0.717) is 0 Å². The number of hydrogen-bond acceptors (Lipinski definition) is 2. The van der Waals surface area contributed by atoms with Crippen molar-refractivity contribution in [3.05, 3.63) is 53.3 Å². The molecule has 1 heterocycles. The number of hydrogen-bond donors (Lipinski definition) is 1. The minimum Gasteiger partial charge on any atom is -0.321 e. The molecule has 3 rings (SSSR count). The number of aromatic nitrogens is 2. The van der Waals surface area contributed by atoms with Crippen LogP contribution in [-0.2, 0) is 25.4 Å². The molecule has 94 valence electrons. The molecular formula is C15H19N3. The lowest BCUT2D eigenvalue weighted by molar-refractivity contribution is 0.369. The maximum atomic E-state index is 6.67. The molecule has 0 fully saturated rings. The zero-order valence-electron chi connectivity index (χ0n) is 10.8. The van der Waals surface area contributed by atoms with Crippen LogP contribution >= 0.6 is 0 Å². The highest BCUT2D eigenvalue weighted by Crippen LogP contribution is 2.35. The van der Waals surface area contributed by atoms with E-state index in [1.165, 1.54) is 23.1 Å². The molecule has 1 aliphatic carbocycles. The lowest BCUT2D eigenvalue weighted by Crippen LogP contribution is -2.42. The van der Waals surface area contributed by atoms with Gasteiger partial charge in [0.2, 0.25) is 0 Å². The Morgan fingerprint density at radius 1 is 1.39 bits per heavy atom. The molecule has 3 heteroatoms. The van der Waals surface area contributed by atoms with E-state index in [2.05, 4.69) is 35.6 Å². The lowest BCUT2D eigenvalue weighted by atomic mass is 9.74. The fraction of sp³-hybridized carbons (Fsp3) is 0.400. The minimum absolute atomic E-state index is 0.224. The number of fused-ring (bicyclic) bond motifs is 1. The highest BCUT2D eigenvalue weighted by atomic mass is 15.2. The molecule has 1 aliphatic rings. The second-order valence-electron chi connectivity index (χ2n) is 5.37. The van der Waals surface area contributed by atoms with Crippen LogP contribution in [-0.4, -0.2) is 9.78 Å². The molecule has 2 N–H and O–H groups in total. The van der Waals surface area contributed by atoms with Crippen LogP contribution in [0.25, 0.3) is 0 Å². The summed E-state index contributed by atoms with van der Waals surface area (Å²) in [5.41, 5.74) is 10.4.